The number of halogens is 1. The standard InChI is InChI=1S/C32H28FN5O6S/c1-21-13-27(24-15-26(33)31(39)38(17-24)16-22-7-8-29-30(14-22)44-20-43-29)37-32(36-21)45(40,41)12-10-28(23-5-3-2-4-6-23)42-18-25-9-11-34-19-35-25/h2-9,11,13-15,17,19,28H,10,12,16,18,20H2,1H3. The molecule has 11 nitrogen and oxygen atoms in total. The quantitative estimate of drug-likeness (QED) is 0.193. The molecule has 1 atom stereocenters. The molecule has 1 unspecified atom stereocenters. The molecular formula is C32H28FN5O6S. The third-order valence-corrected chi connectivity index (χ3v) is 8.65. The molecule has 45 heavy (non-hydrogen) atoms. The van der Waals surface area contributed by atoms with E-state index in [0.717, 1.165) is 11.6 Å². The molecule has 0 bridgehead atoms. The molecule has 6 rings (SSSR count). The van der Waals surface area contributed by atoms with E-state index in [1.165, 1.54) is 17.1 Å². The summed E-state index contributed by atoms with van der Waals surface area (Å²) in [5.74, 6) is -0.187. The minimum Gasteiger partial charge on any atom is -0.454 e. The van der Waals surface area contributed by atoms with Gasteiger partial charge in [0.15, 0.2) is 17.3 Å². The Balaban J connectivity index is 1.24. The highest BCUT2D eigenvalue weighted by atomic mass is 32.2. The number of benzene rings is 2. The van der Waals surface area contributed by atoms with Crippen molar-refractivity contribution in [3.05, 3.63) is 124 Å². The molecule has 0 radical (unpaired) electrons. The number of sulfone groups is 1. The second-order valence-corrected chi connectivity index (χ2v) is 12.4. The van der Waals surface area contributed by atoms with Crippen LogP contribution in [0.2, 0.25) is 0 Å². The van der Waals surface area contributed by atoms with E-state index >= 15 is 0 Å². The van der Waals surface area contributed by atoms with Crippen molar-refractivity contribution in [3.8, 4) is 22.8 Å². The van der Waals surface area contributed by atoms with E-state index in [1.807, 2.05) is 30.3 Å². The van der Waals surface area contributed by atoms with Gasteiger partial charge < -0.3 is 18.8 Å². The number of aryl methyl sites for hydroxylation is 1. The highest BCUT2D eigenvalue weighted by Gasteiger charge is 2.24. The second-order valence-electron chi connectivity index (χ2n) is 10.4. The van der Waals surface area contributed by atoms with Crippen molar-refractivity contribution in [1.29, 1.82) is 0 Å². The summed E-state index contributed by atoms with van der Waals surface area (Å²) >= 11 is 0. The van der Waals surface area contributed by atoms with Gasteiger partial charge in [-0.2, -0.15) is 0 Å². The molecule has 1 aliphatic heterocycles. The Bertz CT molecular complexity index is 1990. The monoisotopic (exact) mass is 629 g/mol. The SMILES string of the molecule is Cc1cc(-c2cc(F)c(=O)n(Cc3ccc4c(c3)OCO4)c2)nc(S(=O)(=O)CCC(OCc2ccncn2)c2ccccc2)n1. The topological polar surface area (TPSA) is 135 Å². The predicted molar refractivity (Wildman–Crippen MR) is 161 cm³/mol. The van der Waals surface area contributed by atoms with Crippen molar-refractivity contribution in [2.75, 3.05) is 12.5 Å². The van der Waals surface area contributed by atoms with Crippen molar-refractivity contribution in [2.24, 2.45) is 0 Å². The lowest BCUT2D eigenvalue weighted by atomic mass is 10.1. The number of hydrogen-bond acceptors (Lipinski definition) is 10. The minimum atomic E-state index is -4.00. The zero-order valence-electron chi connectivity index (χ0n) is 24.2. The smallest absolute Gasteiger partial charge is 0.286 e. The van der Waals surface area contributed by atoms with Gasteiger partial charge in [0.1, 0.15) is 6.33 Å². The Hall–Kier alpha value is -5.01. The highest BCUT2D eigenvalue weighted by molar-refractivity contribution is 7.91. The number of nitrogens with zero attached hydrogens (tertiary/aromatic N) is 5. The van der Waals surface area contributed by atoms with Crippen molar-refractivity contribution in [3.63, 3.8) is 0 Å². The maximum atomic E-state index is 14.9. The van der Waals surface area contributed by atoms with E-state index in [2.05, 4.69) is 19.9 Å². The van der Waals surface area contributed by atoms with Crippen molar-refractivity contribution in [2.45, 2.75) is 37.8 Å². The maximum absolute atomic E-state index is 14.9. The molecule has 0 spiro atoms. The van der Waals surface area contributed by atoms with Crippen molar-refractivity contribution in [1.82, 2.24) is 24.5 Å². The molecule has 230 valence electrons. The summed E-state index contributed by atoms with van der Waals surface area (Å²) in [4.78, 5) is 29.3. The van der Waals surface area contributed by atoms with E-state index in [0.29, 0.717) is 28.5 Å². The first-order valence-corrected chi connectivity index (χ1v) is 15.7. The molecule has 0 fully saturated rings. The Morgan fingerprint density at radius 2 is 1.84 bits per heavy atom. The van der Waals surface area contributed by atoms with Crippen LogP contribution in [0.25, 0.3) is 11.3 Å². The van der Waals surface area contributed by atoms with Gasteiger partial charge in [-0.05, 0) is 54.8 Å². The van der Waals surface area contributed by atoms with Gasteiger partial charge in [0, 0.05) is 23.7 Å². The van der Waals surface area contributed by atoms with E-state index in [9.17, 15) is 17.6 Å². The summed E-state index contributed by atoms with van der Waals surface area (Å²) in [5, 5.41) is -0.394. The normalized spacial score (nSPS) is 13.1. The van der Waals surface area contributed by atoms with Gasteiger partial charge in [0.25, 0.3) is 5.56 Å². The van der Waals surface area contributed by atoms with Crippen molar-refractivity contribution < 1.29 is 27.0 Å². The first-order chi connectivity index (χ1) is 21.7. The fraction of sp³-hybridized carbons (Fsp3) is 0.219. The predicted octanol–water partition coefficient (Wildman–Crippen LogP) is 4.44. The summed E-state index contributed by atoms with van der Waals surface area (Å²) in [7, 11) is -4.00. The molecular weight excluding hydrogens is 601 g/mol. The van der Waals surface area contributed by atoms with Gasteiger partial charge in [-0.15, -0.1) is 0 Å². The summed E-state index contributed by atoms with van der Waals surface area (Å²) in [5.41, 5.74) is 2.09. The number of hydrogen-bond donors (Lipinski definition) is 0. The van der Waals surface area contributed by atoms with Gasteiger partial charge in [-0.3, -0.25) is 4.79 Å². The zero-order chi connectivity index (χ0) is 31.4. The molecule has 1 aliphatic rings. The Morgan fingerprint density at radius 3 is 2.64 bits per heavy atom. The first kappa shape index (κ1) is 30.0. The molecule has 13 heteroatoms. The third kappa shape index (κ3) is 7.05. The van der Waals surface area contributed by atoms with Crippen LogP contribution in [0, 0.1) is 12.7 Å². The van der Waals surface area contributed by atoms with E-state index in [1.54, 1.807) is 43.5 Å². The van der Waals surface area contributed by atoms with Crippen LogP contribution in [-0.2, 0) is 27.7 Å². The lowest BCUT2D eigenvalue weighted by Gasteiger charge is -2.18. The average Bonchev–Trinajstić information content (AvgIpc) is 3.52. The Morgan fingerprint density at radius 1 is 1.02 bits per heavy atom. The molecule has 0 amide bonds. The average molecular weight is 630 g/mol. The molecule has 4 heterocycles. The van der Waals surface area contributed by atoms with Crippen LogP contribution in [0.15, 0.2) is 95.4 Å². The van der Waals surface area contributed by atoms with Crippen LogP contribution in [0.1, 0.15) is 35.0 Å². The molecule has 0 N–H and O–H groups in total. The summed E-state index contributed by atoms with van der Waals surface area (Å²) in [6.45, 7) is 1.94. The Kier molecular flexibility index (Phi) is 8.62. The van der Waals surface area contributed by atoms with Crippen LogP contribution in [0.4, 0.5) is 4.39 Å². The summed E-state index contributed by atoms with van der Waals surface area (Å²) in [6, 6.07) is 18.8. The maximum Gasteiger partial charge on any atom is 0.286 e. The van der Waals surface area contributed by atoms with E-state index < -0.39 is 32.5 Å². The van der Waals surface area contributed by atoms with Crippen molar-refractivity contribution >= 4 is 9.84 Å². The number of aromatic nitrogens is 5. The van der Waals surface area contributed by atoms with Gasteiger partial charge in [-0.25, -0.2) is 32.7 Å². The first-order valence-electron chi connectivity index (χ1n) is 14.0. The van der Waals surface area contributed by atoms with Crippen LogP contribution in [-0.4, -0.2) is 45.5 Å². The van der Waals surface area contributed by atoms with E-state index in [4.69, 9.17) is 14.2 Å². The van der Waals surface area contributed by atoms with Gasteiger partial charge >= 0.3 is 0 Å². The molecule has 0 saturated heterocycles. The number of fused-ring (bicyclic) bond motifs is 1. The lowest BCUT2D eigenvalue weighted by molar-refractivity contribution is 0.0357. The zero-order valence-corrected chi connectivity index (χ0v) is 25.0. The van der Waals surface area contributed by atoms with Crippen LogP contribution < -0.4 is 15.0 Å². The fourth-order valence-corrected chi connectivity index (χ4v) is 6.11. The number of rotatable bonds is 11. The van der Waals surface area contributed by atoms with Crippen LogP contribution in [0.3, 0.4) is 0 Å². The summed E-state index contributed by atoms with van der Waals surface area (Å²) < 4.78 is 60.0. The fourth-order valence-electron chi connectivity index (χ4n) is 4.88. The number of ether oxygens (including phenoxy) is 3. The van der Waals surface area contributed by atoms with Crippen LogP contribution >= 0.6 is 0 Å². The lowest BCUT2D eigenvalue weighted by Crippen LogP contribution is -2.23. The molecule has 2 aromatic carbocycles. The van der Waals surface area contributed by atoms with E-state index in [-0.39, 0.29) is 43.4 Å². The van der Waals surface area contributed by atoms with Gasteiger partial charge in [0.05, 0.1) is 36.4 Å². The summed E-state index contributed by atoms with van der Waals surface area (Å²) in [6.07, 6.45) is 4.05. The molecule has 0 saturated carbocycles. The number of pyridine rings is 1. The second kappa shape index (κ2) is 12.9. The minimum absolute atomic E-state index is 0.0470. The molecule has 5 aromatic rings. The van der Waals surface area contributed by atoms with Gasteiger partial charge in [0.2, 0.25) is 21.8 Å². The Labute approximate surface area is 258 Å². The third-order valence-electron chi connectivity index (χ3n) is 7.14. The molecule has 0 aliphatic carbocycles. The van der Waals surface area contributed by atoms with Gasteiger partial charge in [-0.1, -0.05) is 36.4 Å². The highest BCUT2D eigenvalue weighted by Crippen LogP contribution is 2.33. The van der Waals surface area contributed by atoms with Crippen LogP contribution in [0.5, 0.6) is 11.5 Å². The largest absolute Gasteiger partial charge is 0.454 e. The molecule has 3 aromatic heterocycles.